The third-order valence-corrected chi connectivity index (χ3v) is 3.31. The van der Waals surface area contributed by atoms with Crippen LogP contribution in [-0.2, 0) is 4.79 Å². The second-order valence-corrected chi connectivity index (χ2v) is 5.00. The van der Waals surface area contributed by atoms with E-state index in [0.717, 1.165) is 5.56 Å². The van der Waals surface area contributed by atoms with Crippen LogP contribution in [0.25, 0.3) is 6.08 Å². The SMILES string of the molecule is COc1cc(/C=C2\SC(=S)NC2=O)ccc1O. The molecular formula is C11H9NO3S2. The maximum Gasteiger partial charge on any atom is 0.263 e. The van der Waals surface area contributed by atoms with Gasteiger partial charge in [0.25, 0.3) is 5.91 Å². The Hall–Kier alpha value is -1.53. The number of hydrogen-bond acceptors (Lipinski definition) is 5. The Kier molecular flexibility index (Phi) is 3.35. The number of rotatable bonds is 2. The number of aromatic hydroxyl groups is 1. The van der Waals surface area contributed by atoms with Crippen LogP contribution in [0.1, 0.15) is 5.56 Å². The van der Waals surface area contributed by atoms with Crippen molar-refractivity contribution in [3.8, 4) is 11.5 Å². The number of carbonyl (C=O) groups excluding carboxylic acids is 1. The normalized spacial score (nSPS) is 17.4. The van der Waals surface area contributed by atoms with Gasteiger partial charge in [0.15, 0.2) is 11.5 Å². The molecule has 2 N–H and O–H groups in total. The molecule has 17 heavy (non-hydrogen) atoms. The molecule has 0 saturated carbocycles. The number of amides is 1. The van der Waals surface area contributed by atoms with Gasteiger partial charge < -0.3 is 15.2 Å². The molecule has 0 radical (unpaired) electrons. The van der Waals surface area contributed by atoms with Gasteiger partial charge in [-0.15, -0.1) is 0 Å². The van der Waals surface area contributed by atoms with Crippen LogP contribution < -0.4 is 10.1 Å². The van der Waals surface area contributed by atoms with Crippen molar-refractivity contribution >= 4 is 40.3 Å². The van der Waals surface area contributed by atoms with Gasteiger partial charge in [0, 0.05) is 0 Å². The van der Waals surface area contributed by atoms with Gasteiger partial charge in [0.1, 0.15) is 4.32 Å². The average molecular weight is 267 g/mol. The molecule has 0 spiro atoms. The van der Waals surface area contributed by atoms with E-state index in [9.17, 15) is 9.90 Å². The average Bonchev–Trinajstić information content (AvgIpc) is 2.60. The molecule has 1 aromatic carbocycles. The highest BCUT2D eigenvalue weighted by Gasteiger charge is 2.21. The predicted molar refractivity (Wildman–Crippen MR) is 71.0 cm³/mol. The summed E-state index contributed by atoms with van der Waals surface area (Å²) in [6, 6.07) is 4.86. The van der Waals surface area contributed by atoms with Crippen molar-refractivity contribution in [1.29, 1.82) is 0 Å². The number of phenolic OH excluding ortho intramolecular Hbond substituents is 1. The van der Waals surface area contributed by atoms with Crippen molar-refractivity contribution in [3.05, 3.63) is 28.7 Å². The fourth-order valence-electron chi connectivity index (χ4n) is 1.36. The number of methoxy groups -OCH3 is 1. The molecule has 6 heteroatoms. The fraction of sp³-hybridized carbons (Fsp3) is 0.0909. The quantitative estimate of drug-likeness (QED) is 0.633. The molecule has 2 rings (SSSR count). The second-order valence-electron chi connectivity index (χ2n) is 3.28. The van der Waals surface area contributed by atoms with Gasteiger partial charge in [-0.3, -0.25) is 4.79 Å². The molecule has 0 bridgehead atoms. The van der Waals surface area contributed by atoms with Crippen molar-refractivity contribution in [2.45, 2.75) is 0 Å². The summed E-state index contributed by atoms with van der Waals surface area (Å²) in [4.78, 5) is 12.0. The van der Waals surface area contributed by atoms with E-state index < -0.39 is 0 Å². The van der Waals surface area contributed by atoms with Crippen LogP contribution in [-0.4, -0.2) is 22.4 Å². The molecule has 0 aliphatic carbocycles. The summed E-state index contributed by atoms with van der Waals surface area (Å²) in [5.74, 6) is 0.228. The van der Waals surface area contributed by atoms with Crippen molar-refractivity contribution in [2.24, 2.45) is 0 Å². The molecule has 0 atom stereocenters. The number of nitrogens with one attached hydrogen (secondary N) is 1. The molecule has 1 heterocycles. The van der Waals surface area contributed by atoms with Crippen LogP contribution in [0.15, 0.2) is 23.1 Å². The van der Waals surface area contributed by atoms with E-state index >= 15 is 0 Å². The Balaban J connectivity index is 2.33. The maximum atomic E-state index is 11.4. The Morgan fingerprint density at radius 2 is 2.29 bits per heavy atom. The lowest BCUT2D eigenvalue weighted by molar-refractivity contribution is -0.115. The highest BCUT2D eigenvalue weighted by atomic mass is 32.2. The summed E-state index contributed by atoms with van der Waals surface area (Å²) in [5.41, 5.74) is 0.766. The summed E-state index contributed by atoms with van der Waals surface area (Å²) in [6.45, 7) is 0. The lowest BCUT2D eigenvalue weighted by Crippen LogP contribution is -2.17. The molecule has 1 aromatic rings. The van der Waals surface area contributed by atoms with Crippen molar-refractivity contribution in [3.63, 3.8) is 0 Å². The Bertz CT molecular complexity index is 525. The Morgan fingerprint density at radius 3 is 2.88 bits per heavy atom. The number of ether oxygens (including phenoxy) is 1. The minimum atomic E-state index is -0.202. The van der Waals surface area contributed by atoms with Crippen molar-refractivity contribution in [1.82, 2.24) is 5.32 Å². The fourth-order valence-corrected chi connectivity index (χ4v) is 2.40. The van der Waals surface area contributed by atoms with E-state index in [1.54, 1.807) is 18.2 Å². The molecule has 0 unspecified atom stereocenters. The van der Waals surface area contributed by atoms with Gasteiger partial charge in [0.05, 0.1) is 12.0 Å². The minimum Gasteiger partial charge on any atom is -0.504 e. The van der Waals surface area contributed by atoms with E-state index in [1.807, 2.05) is 0 Å². The van der Waals surface area contributed by atoms with Crippen LogP contribution in [0.5, 0.6) is 11.5 Å². The molecule has 0 aromatic heterocycles. The van der Waals surface area contributed by atoms with Crippen molar-refractivity contribution < 1.29 is 14.6 Å². The zero-order chi connectivity index (χ0) is 12.4. The summed E-state index contributed by atoms with van der Waals surface area (Å²) < 4.78 is 5.44. The zero-order valence-corrected chi connectivity index (χ0v) is 10.5. The lowest BCUT2D eigenvalue weighted by atomic mass is 10.2. The number of hydrogen-bond donors (Lipinski definition) is 2. The van der Waals surface area contributed by atoms with Gasteiger partial charge in [-0.05, 0) is 23.8 Å². The van der Waals surface area contributed by atoms with E-state index in [0.29, 0.717) is 15.0 Å². The molecule has 88 valence electrons. The molecule has 4 nitrogen and oxygen atoms in total. The monoisotopic (exact) mass is 267 g/mol. The van der Waals surface area contributed by atoms with Crippen molar-refractivity contribution in [2.75, 3.05) is 7.11 Å². The maximum absolute atomic E-state index is 11.4. The van der Waals surface area contributed by atoms with Crippen LogP contribution in [0.4, 0.5) is 0 Å². The summed E-state index contributed by atoms with van der Waals surface area (Å²) >= 11 is 6.10. The van der Waals surface area contributed by atoms with Gasteiger partial charge in [-0.1, -0.05) is 30.0 Å². The first-order chi connectivity index (χ1) is 8.10. The first kappa shape index (κ1) is 11.9. The highest BCUT2D eigenvalue weighted by molar-refractivity contribution is 8.26. The molecule has 1 amide bonds. The first-order valence-corrected chi connectivity index (χ1v) is 5.94. The third-order valence-electron chi connectivity index (χ3n) is 2.14. The van der Waals surface area contributed by atoms with E-state index in [4.69, 9.17) is 17.0 Å². The van der Waals surface area contributed by atoms with Gasteiger partial charge in [0.2, 0.25) is 0 Å². The van der Waals surface area contributed by atoms with Crippen LogP contribution in [0.3, 0.4) is 0 Å². The second kappa shape index (κ2) is 4.77. The smallest absolute Gasteiger partial charge is 0.263 e. The lowest BCUT2D eigenvalue weighted by Gasteiger charge is -2.03. The molecule has 1 aliphatic rings. The first-order valence-electron chi connectivity index (χ1n) is 4.72. The van der Waals surface area contributed by atoms with Crippen LogP contribution >= 0.6 is 24.0 Å². The number of thiocarbonyl (C=S) groups is 1. The Labute approximate surface area is 108 Å². The van der Waals surface area contributed by atoms with Gasteiger partial charge >= 0.3 is 0 Å². The number of phenols is 1. The Morgan fingerprint density at radius 1 is 1.53 bits per heavy atom. The number of carbonyl (C=O) groups is 1. The summed E-state index contributed by atoms with van der Waals surface area (Å²) in [6.07, 6.45) is 1.70. The predicted octanol–water partition coefficient (Wildman–Crippen LogP) is 1.89. The van der Waals surface area contributed by atoms with Gasteiger partial charge in [-0.2, -0.15) is 0 Å². The number of thioether (sulfide) groups is 1. The minimum absolute atomic E-state index is 0.0636. The largest absolute Gasteiger partial charge is 0.504 e. The number of benzene rings is 1. The summed E-state index contributed by atoms with van der Waals surface area (Å²) in [5, 5.41) is 12.0. The summed E-state index contributed by atoms with van der Waals surface area (Å²) in [7, 11) is 1.47. The third kappa shape index (κ3) is 2.59. The van der Waals surface area contributed by atoms with E-state index in [-0.39, 0.29) is 11.7 Å². The molecule has 1 aliphatic heterocycles. The topological polar surface area (TPSA) is 58.6 Å². The van der Waals surface area contributed by atoms with Crippen LogP contribution in [0.2, 0.25) is 0 Å². The van der Waals surface area contributed by atoms with E-state index in [1.165, 1.54) is 24.9 Å². The molecular weight excluding hydrogens is 258 g/mol. The molecule has 1 fully saturated rings. The molecule has 1 saturated heterocycles. The van der Waals surface area contributed by atoms with Gasteiger partial charge in [-0.25, -0.2) is 0 Å². The standard InChI is InChI=1S/C11H9NO3S2/c1-15-8-4-6(2-3-7(8)13)5-9-10(14)12-11(16)17-9/h2-5,13H,1H3,(H,12,14,16)/b9-5-. The zero-order valence-electron chi connectivity index (χ0n) is 8.89. The highest BCUT2D eigenvalue weighted by Crippen LogP contribution is 2.30. The van der Waals surface area contributed by atoms with E-state index in [2.05, 4.69) is 5.32 Å². The van der Waals surface area contributed by atoms with Crippen LogP contribution in [0, 0.1) is 0 Å².